The normalized spacial score (nSPS) is 9.40. The second-order valence-corrected chi connectivity index (χ2v) is 3.22. The quantitative estimate of drug-likeness (QED) is 0.457. The average Bonchev–Trinajstić information content (AvgIpc) is 2.16. The number of halogens is 2. The number of hydrogen-bond donors (Lipinski definition) is 0. The van der Waals surface area contributed by atoms with Crippen LogP contribution in [0.1, 0.15) is 10.4 Å². The highest BCUT2D eigenvalue weighted by atomic mass is 35.5. The monoisotopic (exact) mass is 244 g/mol. The third kappa shape index (κ3) is 2.06. The second kappa shape index (κ2) is 4.26. The van der Waals surface area contributed by atoms with E-state index in [2.05, 4.69) is 4.85 Å². The number of amides is 1. The summed E-state index contributed by atoms with van der Waals surface area (Å²) in [6.45, 7) is 6.49. The highest BCUT2D eigenvalue weighted by molar-refractivity contribution is 6.40. The van der Waals surface area contributed by atoms with E-state index in [1.807, 2.05) is 0 Å². The zero-order valence-electron chi connectivity index (χ0n) is 7.03. The summed E-state index contributed by atoms with van der Waals surface area (Å²) in [7, 11) is 0. The zero-order valence-corrected chi connectivity index (χ0v) is 8.54. The molecule has 1 amide bonds. The van der Waals surface area contributed by atoms with E-state index in [1.54, 1.807) is 0 Å². The highest BCUT2D eigenvalue weighted by Crippen LogP contribution is 2.35. The Morgan fingerprint density at radius 3 is 2.53 bits per heavy atom. The van der Waals surface area contributed by atoms with Crippen molar-refractivity contribution in [3.8, 4) is 0 Å². The summed E-state index contributed by atoms with van der Waals surface area (Å²) < 4.78 is 0. The molecule has 0 radical (unpaired) electrons. The topological polar surface area (TPSA) is 64.6 Å². The first-order valence-corrected chi connectivity index (χ1v) is 4.28. The number of benzene rings is 1. The second-order valence-electron chi connectivity index (χ2n) is 2.43. The maximum Gasteiger partial charge on any atom is 0.387 e. The molecule has 0 fully saturated rings. The summed E-state index contributed by atoms with van der Waals surface area (Å²) in [5.74, 6) is -0.959. The van der Waals surface area contributed by atoms with Gasteiger partial charge >= 0.3 is 11.6 Å². The van der Waals surface area contributed by atoms with Crippen molar-refractivity contribution in [3.63, 3.8) is 0 Å². The van der Waals surface area contributed by atoms with Crippen LogP contribution in [0.2, 0.25) is 10.0 Å². The summed E-state index contributed by atoms with van der Waals surface area (Å²) in [6, 6.07) is 2.34. The van der Waals surface area contributed by atoms with Crippen LogP contribution < -0.4 is 0 Å². The first-order valence-electron chi connectivity index (χ1n) is 3.53. The van der Waals surface area contributed by atoms with Gasteiger partial charge in [0.25, 0.3) is 0 Å². The van der Waals surface area contributed by atoms with Crippen molar-refractivity contribution < 1.29 is 9.72 Å². The number of carbonyl (C=O) groups is 1. The Hall–Kier alpha value is -1.64. The summed E-state index contributed by atoms with van der Waals surface area (Å²) in [5.41, 5.74) is -0.782. The molecule has 1 aromatic carbocycles. The number of nitro benzene ring substituents is 1. The molecule has 0 aromatic heterocycles. The van der Waals surface area contributed by atoms with Crippen LogP contribution in [-0.2, 0) is 0 Å². The molecule has 1 rings (SSSR count). The third-order valence-electron chi connectivity index (χ3n) is 1.58. The molecule has 0 heterocycles. The van der Waals surface area contributed by atoms with Gasteiger partial charge in [0.1, 0.15) is 10.0 Å². The number of carbonyl (C=O) groups excluding carboxylic acids is 1. The Balaban J connectivity index is 3.50. The minimum atomic E-state index is -0.959. The first-order chi connectivity index (χ1) is 6.99. The fourth-order valence-corrected chi connectivity index (χ4v) is 1.52. The lowest BCUT2D eigenvalue weighted by molar-refractivity contribution is -0.384. The largest absolute Gasteiger partial charge is 0.387 e. The van der Waals surface area contributed by atoms with Crippen LogP contribution >= 0.6 is 23.2 Å². The van der Waals surface area contributed by atoms with Crippen molar-refractivity contribution in [1.82, 2.24) is 0 Å². The average molecular weight is 245 g/mol. The van der Waals surface area contributed by atoms with E-state index in [1.165, 1.54) is 6.07 Å². The van der Waals surface area contributed by atoms with Crippen molar-refractivity contribution in [2.75, 3.05) is 0 Å². The molecule has 0 aliphatic heterocycles. The van der Waals surface area contributed by atoms with Crippen LogP contribution in [0.5, 0.6) is 0 Å². The minimum Gasteiger partial charge on any atom is -0.310 e. The van der Waals surface area contributed by atoms with Gasteiger partial charge in [-0.3, -0.25) is 10.1 Å². The van der Waals surface area contributed by atoms with Crippen molar-refractivity contribution in [2.45, 2.75) is 0 Å². The third-order valence-corrected chi connectivity index (χ3v) is 2.27. The molecule has 5 nitrogen and oxygen atoms in total. The molecule has 76 valence electrons. The fourth-order valence-electron chi connectivity index (χ4n) is 0.934. The fraction of sp³-hybridized carbons (Fsp3) is 0. The van der Waals surface area contributed by atoms with Gasteiger partial charge in [0, 0.05) is 5.56 Å². The summed E-state index contributed by atoms with van der Waals surface area (Å²) in [5, 5.41) is 9.97. The molecular weight excluding hydrogens is 243 g/mol. The SMILES string of the molecule is [C-]#[N+]C(=O)c1ccc(Cl)c([N+](=O)[O-])c1Cl. The molecule has 0 atom stereocenters. The summed E-state index contributed by atoms with van der Waals surface area (Å²) in [4.78, 5) is 23.4. The van der Waals surface area contributed by atoms with Crippen molar-refractivity contribution in [2.24, 2.45) is 0 Å². The lowest BCUT2D eigenvalue weighted by Crippen LogP contribution is -1.98. The van der Waals surface area contributed by atoms with Gasteiger partial charge in [-0.25, -0.2) is 0 Å². The van der Waals surface area contributed by atoms with Gasteiger partial charge in [-0.15, -0.1) is 0 Å². The van der Waals surface area contributed by atoms with Crippen LogP contribution in [0.3, 0.4) is 0 Å². The Morgan fingerprint density at radius 1 is 1.47 bits per heavy atom. The van der Waals surface area contributed by atoms with E-state index < -0.39 is 21.5 Å². The molecule has 0 saturated carbocycles. The first kappa shape index (κ1) is 11.4. The van der Waals surface area contributed by atoms with Gasteiger partial charge in [0.05, 0.1) is 11.5 Å². The molecule has 1 aromatic rings. The lowest BCUT2D eigenvalue weighted by Gasteiger charge is -2.01. The van der Waals surface area contributed by atoms with E-state index in [0.29, 0.717) is 0 Å². The van der Waals surface area contributed by atoms with Crippen LogP contribution in [0.15, 0.2) is 12.1 Å². The predicted molar refractivity (Wildman–Crippen MR) is 54.0 cm³/mol. The molecule has 0 bridgehead atoms. The maximum absolute atomic E-state index is 11.0. The van der Waals surface area contributed by atoms with Gasteiger partial charge in [0.15, 0.2) is 0 Å². The van der Waals surface area contributed by atoms with Crippen molar-refractivity contribution in [1.29, 1.82) is 0 Å². The van der Waals surface area contributed by atoms with Gasteiger partial charge in [-0.1, -0.05) is 29.3 Å². The molecule has 0 aliphatic carbocycles. The van der Waals surface area contributed by atoms with Crippen LogP contribution in [0.25, 0.3) is 4.85 Å². The standard InChI is InChI=1S/C8H2Cl2N2O3/c1-11-8(13)4-2-3-5(9)7(6(4)10)12(14)15/h2-3H. The summed E-state index contributed by atoms with van der Waals surface area (Å²) in [6.07, 6.45) is 0. The molecule has 0 N–H and O–H groups in total. The Bertz CT molecular complexity index is 493. The number of nitrogens with zero attached hydrogens (tertiary/aromatic N) is 2. The van der Waals surface area contributed by atoms with Gasteiger partial charge in [-0.2, -0.15) is 4.85 Å². The maximum atomic E-state index is 11.0. The smallest absolute Gasteiger partial charge is 0.310 e. The Kier molecular flexibility index (Phi) is 3.24. The van der Waals surface area contributed by atoms with Gasteiger partial charge in [0.2, 0.25) is 0 Å². The Morgan fingerprint density at radius 2 is 2.07 bits per heavy atom. The van der Waals surface area contributed by atoms with Crippen LogP contribution in [0, 0.1) is 16.7 Å². The molecule has 0 saturated heterocycles. The molecule has 15 heavy (non-hydrogen) atoms. The van der Waals surface area contributed by atoms with E-state index in [-0.39, 0.29) is 10.6 Å². The molecular formula is C8H2Cl2N2O3. The van der Waals surface area contributed by atoms with Gasteiger partial charge < -0.3 is 4.79 Å². The lowest BCUT2D eigenvalue weighted by atomic mass is 10.2. The van der Waals surface area contributed by atoms with E-state index in [0.717, 1.165) is 6.07 Å². The molecule has 7 heteroatoms. The molecule has 0 spiro atoms. The van der Waals surface area contributed by atoms with E-state index >= 15 is 0 Å². The predicted octanol–water partition coefficient (Wildman–Crippen LogP) is 2.96. The zero-order chi connectivity index (χ0) is 11.6. The van der Waals surface area contributed by atoms with Crippen LogP contribution in [0.4, 0.5) is 5.69 Å². The van der Waals surface area contributed by atoms with Crippen LogP contribution in [-0.4, -0.2) is 10.8 Å². The minimum absolute atomic E-state index is 0.175. The number of nitro groups is 1. The molecule has 0 unspecified atom stereocenters. The van der Waals surface area contributed by atoms with Crippen molar-refractivity contribution in [3.05, 3.63) is 49.3 Å². The summed E-state index contributed by atoms with van der Waals surface area (Å²) >= 11 is 11.1. The van der Waals surface area contributed by atoms with Crippen molar-refractivity contribution >= 4 is 34.8 Å². The highest BCUT2D eigenvalue weighted by Gasteiger charge is 2.23. The van der Waals surface area contributed by atoms with E-state index in [4.69, 9.17) is 29.8 Å². The van der Waals surface area contributed by atoms with E-state index in [9.17, 15) is 14.9 Å². The Labute approximate surface area is 94.2 Å². The molecule has 0 aliphatic rings. The number of rotatable bonds is 2. The van der Waals surface area contributed by atoms with Gasteiger partial charge in [-0.05, 0) is 6.07 Å². The number of hydrogen-bond acceptors (Lipinski definition) is 3.